The predicted octanol–water partition coefficient (Wildman–Crippen LogP) is 5.31. The largest absolute Gasteiger partial charge is 0.503 e. The fraction of sp³-hybridized carbons (Fsp3) is 0.385. The lowest BCUT2D eigenvalue weighted by molar-refractivity contribution is -0.123. The summed E-state index contributed by atoms with van der Waals surface area (Å²) in [5.74, 6) is -0.329. The number of aliphatic hydroxyl groups excluding tert-OH is 1. The van der Waals surface area contributed by atoms with Crippen LogP contribution in [0, 0.1) is 12.3 Å². The molecule has 0 saturated heterocycles. The van der Waals surface area contributed by atoms with Gasteiger partial charge >= 0.3 is 0 Å². The van der Waals surface area contributed by atoms with Gasteiger partial charge in [0.05, 0.1) is 24.8 Å². The van der Waals surface area contributed by atoms with E-state index in [9.17, 15) is 14.7 Å². The number of aliphatic hydroxyl groups is 1. The van der Waals surface area contributed by atoms with Gasteiger partial charge in [0, 0.05) is 17.2 Å². The van der Waals surface area contributed by atoms with E-state index in [4.69, 9.17) is 9.47 Å². The molecule has 0 aromatic heterocycles. The molecule has 0 fully saturated rings. The summed E-state index contributed by atoms with van der Waals surface area (Å²) < 4.78 is 11.4. The maximum absolute atomic E-state index is 13.3. The van der Waals surface area contributed by atoms with Crippen LogP contribution in [0.25, 0.3) is 0 Å². The van der Waals surface area contributed by atoms with Crippen molar-refractivity contribution in [1.29, 1.82) is 0 Å². The summed E-state index contributed by atoms with van der Waals surface area (Å²) in [6.07, 6.45) is 0. The number of rotatable bonds is 7. The average molecular weight is 438 g/mol. The normalized spacial score (nSPS) is 16.5. The zero-order valence-electron chi connectivity index (χ0n) is 19.6. The molecule has 32 heavy (non-hydrogen) atoms. The van der Waals surface area contributed by atoms with E-state index in [2.05, 4.69) is 0 Å². The van der Waals surface area contributed by atoms with Crippen LogP contribution in [0.4, 0.5) is 5.69 Å². The van der Waals surface area contributed by atoms with Gasteiger partial charge in [0.25, 0.3) is 5.91 Å². The number of hydrogen-bond acceptors (Lipinski definition) is 5. The second kappa shape index (κ2) is 9.07. The second-order valence-electron chi connectivity index (χ2n) is 8.83. The standard InChI is InChI=1S/C26H31NO5/c1-7-31-19-13-12-18(15-20(19)32-8-2)27-22(17-11-9-10-16(3)14-17)21(23(28)25(27)30)24(29)26(4,5)6/h9-15,22,28H,7-8H2,1-6H3. The molecule has 170 valence electrons. The Morgan fingerprint density at radius 3 is 2.28 bits per heavy atom. The van der Waals surface area contributed by atoms with Crippen molar-refractivity contribution in [2.45, 2.75) is 47.6 Å². The smallest absolute Gasteiger partial charge is 0.294 e. The van der Waals surface area contributed by atoms with Gasteiger partial charge in [-0.25, -0.2) is 0 Å². The van der Waals surface area contributed by atoms with Crippen LogP contribution in [0.2, 0.25) is 0 Å². The van der Waals surface area contributed by atoms with E-state index in [1.165, 1.54) is 4.90 Å². The third kappa shape index (κ3) is 4.35. The number of benzene rings is 2. The Labute approximate surface area is 189 Å². The molecular formula is C26H31NO5. The Bertz CT molecular complexity index is 1060. The maximum Gasteiger partial charge on any atom is 0.294 e. The molecule has 6 nitrogen and oxygen atoms in total. The van der Waals surface area contributed by atoms with Crippen molar-refractivity contribution in [3.05, 3.63) is 64.9 Å². The quantitative estimate of drug-likeness (QED) is 0.635. The number of aryl methyl sites for hydroxylation is 1. The Morgan fingerprint density at radius 2 is 1.69 bits per heavy atom. The van der Waals surface area contributed by atoms with Gasteiger partial charge in [0.2, 0.25) is 0 Å². The Morgan fingerprint density at radius 1 is 1.03 bits per heavy atom. The summed E-state index contributed by atoms with van der Waals surface area (Å²) in [7, 11) is 0. The van der Waals surface area contributed by atoms with Crippen LogP contribution >= 0.6 is 0 Å². The molecule has 1 N–H and O–H groups in total. The van der Waals surface area contributed by atoms with Gasteiger partial charge in [0.1, 0.15) is 0 Å². The van der Waals surface area contributed by atoms with Crippen molar-refractivity contribution in [3.63, 3.8) is 0 Å². The number of nitrogens with zero attached hydrogens (tertiary/aromatic N) is 1. The van der Waals surface area contributed by atoms with Crippen LogP contribution in [-0.2, 0) is 9.59 Å². The molecule has 0 radical (unpaired) electrons. The van der Waals surface area contributed by atoms with Gasteiger partial charge in [-0.1, -0.05) is 50.6 Å². The summed E-state index contributed by atoms with van der Waals surface area (Å²) in [6, 6.07) is 12.1. The van der Waals surface area contributed by atoms with Crippen molar-refractivity contribution >= 4 is 17.4 Å². The highest BCUT2D eigenvalue weighted by Gasteiger charge is 2.46. The lowest BCUT2D eigenvalue weighted by Gasteiger charge is -2.29. The highest BCUT2D eigenvalue weighted by atomic mass is 16.5. The van der Waals surface area contributed by atoms with Gasteiger partial charge in [0.15, 0.2) is 23.0 Å². The zero-order valence-corrected chi connectivity index (χ0v) is 19.6. The molecule has 1 unspecified atom stereocenters. The number of amides is 1. The van der Waals surface area contributed by atoms with Crippen molar-refractivity contribution in [2.75, 3.05) is 18.1 Å². The number of Topliss-reactive ketones (excluding diaryl/α,β-unsaturated/α-hetero) is 1. The van der Waals surface area contributed by atoms with Crippen molar-refractivity contribution in [3.8, 4) is 11.5 Å². The number of ether oxygens (including phenoxy) is 2. The molecule has 0 bridgehead atoms. The number of ketones is 1. The molecule has 1 atom stereocenters. The summed E-state index contributed by atoms with van der Waals surface area (Å²) in [4.78, 5) is 28.1. The Hall–Kier alpha value is -3.28. The van der Waals surface area contributed by atoms with Gasteiger partial charge in [-0.2, -0.15) is 0 Å². The zero-order chi connectivity index (χ0) is 23.6. The molecule has 0 aliphatic carbocycles. The molecule has 1 aliphatic heterocycles. The molecule has 1 amide bonds. The first kappa shape index (κ1) is 23.4. The van der Waals surface area contributed by atoms with Crippen LogP contribution in [0.1, 0.15) is 51.8 Å². The maximum atomic E-state index is 13.3. The minimum atomic E-state index is -0.767. The SMILES string of the molecule is CCOc1ccc(N2C(=O)C(O)=C(C(=O)C(C)(C)C)C2c2cccc(C)c2)cc1OCC. The van der Waals surface area contributed by atoms with Crippen molar-refractivity contribution in [1.82, 2.24) is 0 Å². The van der Waals surface area contributed by atoms with Gasteiger partial charge in [-0.15, -0.1) is 0 Å². The van der Waals surface area contributed by atoms with E-state index in [1.807, 2.05) is 45.0 Å². The first-order chi connectivity index (χ1) is 15.1. The molecule has 1 heterocycles. The number of anilines is 1. The second-order valence-corrected chi connectivity index (χ2v) is 8.83. The molecule has 0 saturated carbocycles. The van der Waals surface area contributed by atoms with E-state index >= 15 is 0 Å². The lowest BCUT2D eigenvalue weighted by atomic mass is 9.82. The fourth-order valence-electron chi connectivity index (χ4n) is 3.85. The summed E-state index contributed by atoms with van der Waals surface area (Å²) >= 11 is 0. The van der Waals surface area contributed by atoms with Crippen LogP contribution in [0.3, 0.4) is 0 Å². The molecule has 2 aromatic rings. The topological polar surface area (TPSA) is 76.1 Å². The summed E-state index contributed by atoms with van der Waals surface area (Å²) in [5.41, 5.74) is 1.60. The van der Waals surface area contributed by atoms with E-state index in [0.29, 0.717) is 30.4 Å². The van der Waals surface area contributed by atoms with Gasteiger partial charge in [-0.05, 0) is 38.5 Å². The van der Waals surface area contributed by atoms with Crippen molar-refractivity contribution < 1.29 is 24.2 Å². The first-order valence-electron chi connectivity index (χ1n) is 10.9. The van der Waals surface area contributed by atoms with Crippen molar-refractivity contribution in [2.24, 2.45) is 5.41 Å². The number of hydrogen-bond donors (Lipinski definition) is 1. The summed E-state index contributed by atoms with van der Waals surface area (Å²) in [6.45, 7) is 11.9. The third-order valence-electron chi connectivity index (χ3n) is 5.30. The lowest BCUT2D eigenvalue weighted by Crippen LogP contribution is -2.32. The van der Waals surface area contributed by atoms with E-state index < -0.39 is 23.1 Å². The predicted molar refractivity (Wildman–Crippen MR) is 124 cm³/mol. The van der Waals surface area contributed by atoms with Gasteiger partial charge < -0.3 is 14.6 Å². The molecule has 3 rings (SSSR count). The average Bonchev–Trinajstić information content (AvgIpc) is 2.99. The molecule has 6 heteroatoms. The fourth-order valence-corrected chi connectivity index (χ4v) is 3.85. The highest BCUT2D eigenvalue weighted by Crippen LogP contribution is 2.45. The first-order valence-corrected chi connectivity index (χ1v) is 10.9. The number of carbonyl (C=O) groups is 2. The minimum Gasteiger partial charge on any atom is -0.503 e. The van der Waals surface area contributed by atoms with Crippen LogP contribution < -0.4 is 14.4 Å². The van der Waals surface area contributed by atoms with Crippen LogP contribution in [-0.4, -0.2) is 30.0 Å². The minimum absolute atomic E-state index is 0.111. The monoisotopic (exact) mass is 437 g/mol. The number of carbonyl (C=O) groups excluding carboxylic acids is 2. The van der Waals surface area contributed by atoms with E-state index in [1.54, 1.807) is 39.0 Å². The molecule has 1 aliphatic rings. The highest BCUT2D eigenvalue weighted by molar-refractivity contribution is 6.17. The van der Waals surface area contributed by atoms with E-state index in [-0.39, 0.29) is 11.4 Å². The Kier molecular flexibility index (Phi) is 6.63. The Balaban J connectivity index is 2.20. The molecule has 2 aromatic carbocycles. The van der Waals surface area contributed by atoms with Crippen LogP contribution in [0.15, 0.2) is 53.8 Å². The summed E-state index contributed by atoms with van der Waals surface area (Å²) in [5, 5.41) is 10.8. The van der Waals surface area contributed by atoms with Gasteiger partial charge in [-0.3, -0.25) is 14.5 Å². The molecular weight excluding hydrogens is 406 g/mol. The van der Waals surface area contributed by atoms with Crippen LogP contribution in [0.5, 0.6) is 11.5 Å². The molecule has 0 spiro atoms. The van der Waals surface area contributed by atoms with E-state index in [0.717, 1.165) is 11.1 Å². The third-order valence-corrected chi connectivity index (χ3v) is 5.30.